The van der Waals surface area contributed by atoms with Gasteiger partial charge < -0.3 is 15.0 Å². The Labute approximate surface area is 187 Å². The van der Waals surface area contributed by atoms with Crippen molar-refractivity contribution < 1.29 is 9.53 Å². The van der Waals surface area contributed by atoms with Gasteiger partial charge in [0.15, 0.2) is 0 Å². The van der Waals surface area contributed by atoms with Gasteiger partial charge in [-0.1, -0.05) is 42.5 Å². The molecular formula is C25H27N5O2. The van der Waals surface area contributed by atoms with Crippen LogP contribution in [0.3, 0.4) is 0 Å². The van der Waals surface area contributed by atoms with Gasteiger partial charge >= 0.3 is 0 Å². The van der Waals surface area contributed by atoms with E-state index in [1.807, 2.05) is 53.4 Å². The highest BCUT2D eigenvalue weighted by atomic mass is 16.5. The third-order valence-corrected chi connectivity index (χ3v) is 6.28. The van der Waals surface area contributed by atoms with Crippen LogP contribution in [0.4, 0.5) is 5.69 Å². The van der Waals surface area contributed by atoms with Crippen LogP contribution in [0.25, 0.3) is 10.9 Å². The third kappa shape index (κ3) is 3.85. The van der Waals surface area contributed by atoms with Crippen LogP contribution in [0.1, 0.15) is 22.5 Å². The van der Waals surface area contributed by atoms with Gasteiger partial charge in [-0.3, -0.25) is 15.1 Å². The van der Waals surface area contributed by atoms with E-state index in [-0.39, 0.29) is 5.91 Å². The first-order valence-electron chi connectivity index (χ1n) is 11.0. The van der Waals surface area contributed by atoms with Gasteiger partial charge in [0.2, 0.25) is 0 Å². The standard InChI is InChI=1S/C25H27N5O2/c1-32-15-13-26-24-25(27-16-19-7-3-5-9-21(19)29-24)12-14-30(17-25)23(31)22-11-10-18-6-2-4-8-20(18)28-22/h2-11,27H,12-17H2,1H3,(H,26,29). The number of amidine groups is 1. The Balaban J connectivity index is 1.42. The summed E-state index contributed by atoms with van der Waals surface area (Å²) in [6, 6.07) is 19.9. The number of carbonyl (C=O) groups is 1. The van der Waals surface area contributed by atoms with Crippen LogP contribution in [-0.4, -0.2) is 60.5 Å². The average molecular weight is 430 g/mol. The van der Waals surface area contributed by atoms with Gasteiger partial charge in [0.1, 0.15) is 11.5 Å². The smallest absolute Gasteiger partial charge is 0.272 e. The van der Waals surface area contributed by atoms with Gasteiger partial charge in [0.05, 0.1) is 24.2 Å². The second-order valence-corrected chi connectivity index (χ2v) is 8.31. The van der Waals surface area contributed by atoms with E-state index in [1.165, 1.54) is 5.56 Å². The molecule has 1 unspecified atom stereocenters. The van der Waals surface area contributed by atoms with Crippen LogP contribution >= 0.6 is 0 Å². The normalized spacial score (nSPS) is 21.5. The largest absolute Gasteiger partial charge is 0.383 e. The lowest BCUT2D eigenvalue weighted by Gasteiger charge is -2.30. The van der Waals surface area contributed by atoms with E-state index in [2.05, 4.69) is 27.8 Å². The van der Waals surface area contributed by atoms with E-state index >= 15 is 0 Å². The maximum atomic E-state index is 13.3. The van der Waals surface area contributed by atoms with Crippen LogP contribution in [0.5, 0.6) is 0 Å². The van der Waals surface area contributed by atoms with Gasteiger partial charge in [-0.25, -0.2) is 4.98 Å². The Kier molecular flexibility index (Phi) is 5.59. The Morgan fingerprint density at radius 2 is 2.00 bits per heavy atom. The van der Waals surface area contributed by atoms with Crippen LogP contribution in [0, 0.1) is 0 Å². The number of likely N-dealkylation sites (tertiary alicyclic amines) is 1. The van der Waals surface area contributed by atoms with E-state index in [4.69, 9.17) is 9.73 Å². The number of aliphatic imine (C=N–C) groups is 1. The number of nitrogens with zero attached hydrogens (tertiary/aromatic N) is 3. The molecule has 0 aliphatic carbocycles. The van der Waals surface area contributed by atoms with Crippen molar-refractivity contribution in [2.75, 3.05) is 38.7 Å². The van der Waals surface area contributed by atoms with Gasteiger partial charge in [0, 0.05) is 37.8 Å². The van der Waals surface area contributed by atoms with Gasteiger partial charge in [-0.05, 0) is 30.2 Å². The number of hydrogen-bond acceptors (Lipinski definition) is 5. The number of nitrogens with one attached hydrogen (secondary N) is 2. The fourth-order valence-corrected chi connectivity index (χ4v) is 4.50. The lowest BCUT2D eigenvalue weighted by atomic mass is 9.96. The molecule has 0 radical (unpaired) electrons. The van der Waals surface area contributed by atoms with Gasteiger partial charge in [0.25, 0.3) is 5.91 Å². The highest BCUT2D eigenvalue weighted by Crippen LogP contribution is 2.30. The fraction of sp³-hybridized carbons (Fsp3) is 0.320. The maximum absolute atomic E-state index is 13.3. The molecule has 1 amide bonds. The summed E-state index contributed by atoms with van der Waals surface area (Å²) in [7, 11) is 1.68. The molecule has 1 aromatic heterocycles. The molecule has 32 heavy (non-hydrogen) atoms. The number of hydrogen-bond donors (Lipinski definition) is 2. The van der Waals surface area contributed by atoms with Crippen molar-refractivity contribution in [3.8, 4) is 0 Å². The van der Waals surface area contributed by atoms with Gasteiger partial charge in [-0.15, -0.1) is 0 Å². The number of ether oxygens (including phenoxy) is 1. The summed E-state index contributed by atoms with van der Waals surface area (Å²) in [5.74, 6) is 0.814. The van der Waals surface area contributed by atoms with E-state index in [0.29, 0.717) is 38.5 Å². The summed E-state index contributed by atoms with van der Waals surface area (Å²) < 4.78 is 5.21. The Morgan fingerprint density at radius 1 is 1.16 bits per heavy atom. The van der Waals surface area contributed by atoms with Crippen molar-refractivity contribution >= 4 is 28.3 Å². The molecule has 2 aromatic carbocycles. The second-order valence-electron chi connectivity index (χ2n) is 8.31. The van der Waals surface area contributed by atoms with Crippen LogP contribution in [-0.2, 0) is 11.3 Å². The number of carbonyl (C=O) groups excluding carboxylic acids is 1. The number of pyridine rings is 1. The predicted molar refractivity (Wildman–Crippen MR) is 126 cm³/mol. The van der Waals surface area contributed by atoms with E-state index in [1.54, 1.807) is 7.11 Å². The number of amides is 1. The molecule has 5 rings (SSSR count). The molecule has 1 saturated heterocycles. The van der Waals surface area contributed by atoms with Crippen molar-refractivity contribution in [1.29, 1.82) is 0 Å². The number of methoxy groups -OCH3 is 1. The first-order valence-corrected chi connectivity index (χ1v) is 11.0. The highest BCUT2D eigenvalue weighted by molar-refractivity contribution is 6.05. The molecule has 2 aliphatic heterocycles. The summed E-state index contributed by atoms with van der Waals surface area (Å²) >= 11 is 0. The zero-order valence-electron chi connectivity index (χ0n) is 18.2. The molecule has 2 N–H and O–H groups in total. The molecule has 0 saturated carbocycles. The number of aromatic nitrogens is 1. The summed E-state index contributed by atoms with van der Waals surface area (Å²) in [6.07, 6.45) is 0.777. The number of anilines is 1. The highest BCUT2D eigenvalue weighted by Gasteiger charge is 2.45. The molecule has 7 nitrogen and oxygen atoms in total. The minimum Gasteiger partial charge on any atom is -0.383 e. The SMILES string of the molecule is COCCN=C1Nc2ccccc2CNC12CCN(C(=O)c1ccc3ccccc3n1)C2. The second kappa shape index (κ2) is 8.68. The maximum Gasteiger partial charge on any atom is 0.272 e. The summed E-state index contributed by atoms with van der Waals surface area (Å²) in [6.45, 7) is 2.99. The molecule has 1 spiro atoms. The molecule has 3 aromatic rings. The van der Waals surface area contributed by atoms with Crippen molar-refractivity contribution in [2.24, 2.45) is 4.99 Å². The zero-order valence-corrected chi connectivity index (χ0v) is 18.2. The van der Waals surface area contributed by atoms with Crippen molar-refractivity contribution in [3.05, 3.63) is 71.9 Å². The first-order chi connectivity index (χ1) is 15.7. The lowest BCUT2D eigenvalue weighted by Crippen LogP contribution is -2.55. The number of rotatable bonds is 4. The first kappa shape index (κ1) is 20.6. The molecule has 164 valence electrons. The van der Waals surface area contributed by atoms with E-state index in [9.17, 15) is 4.79 Å². The van der Waals surface area contributed by atoms with Crippen molar-refractivity contribution in [2.45, 2.75) is 18.5 Å². The number of benzene rings is 2. The topological polar surface area (TPSA) is 78.9 Å². The molecule has 7 heteroatoms. The van der Waals surface area contributed by atoms with Crippen LogP contribution < -0.4 is 10.6 Å². The monoisotopic (exact) mass is 429 g/mol. The van der Waals surface area contributed by atoms with Crippen LogP contribution in [0.15, 0.2) is 65.7 Å². The summed E-state index contributed by atoms with van der Waals surface area (Å²) in [5.41, 5.74) is 3.11. The fourth-order valence-electron chi connectivity index (χ4n) is 4.50. The number of para-hydroxylation sites is 2. The van der Waals surface area contributed by atoms with E-state index in [0.717, 1.165) is 28.8 Å². The average Bonchev–Trinajstić information content (AvgIpc) is 3.21. The van der Waals surface area contributed by atoms with Crippen molar-refractivity contribution in [1.82, 2.24) is 15.2 Å². The Hall–Kier alpha value is -3.29. The Morgan fingerprint density at radius 3 is 2.91 bits per heavy atom. The molecule has 2 aliphatic rings. The number of fused-ring (bicyclic) bond motifs is 2. The lowest BCUT2D eigenvalue weighted by molar-refractivity contribution is 0.0780. The molecular weight excluding hydrogens is 402 g/mol. The molecule has 1 atom stereocenters. The third-order valence-electron chi connectivity index (χ3n) is 6.28. The van der Waals surface area contributed by atoms with E-state index < -0.39 is 5.54 Å². The quantitative estimate of drug-likeness (QED) is 0.623. The van der Waals surface area contributed by atoms with Crippen LogP contribution in [0.2, 0.25) is 0 Å². The molecule has 0 bridgehead atoms. The Bertz CT molecular complexity index is 1180. The van der Waals surface area contributed by atoms with Gasteiger partial charge in [-0.2, -0.15) is 0 Å². The molecule has 3 heterocycles. The minimum absolute atomic E-state index is 0.0487. The molecule has 1 fully saturated rings. The summed E-state index contributed by atoms with van der Waals surface area (Å²) in [4.78, 5) is 24.7. The minimum atomic E-state index is -0.431. The van der Waals surface area contributed by atoms with Crippen molar-refractivity contribution in [3.63, 3.8) is 0 Å². The predicted octanol–water partition coefficient (Wildman–Crippen LogP) is 3.08. The zero-order chi connectivity index (χ0) is 22.0. The summed E-state index contributed by atoms with van der Waals surface area (Å²) in [5, 5.41) is 8.29.